The maximum atomic E-state index is 13.8. The third kappa shape index (κ3) is 4.07. The van der Waals surface area contributed by atoms with Crippen molar-refractivity contribution in [3.05, 3.63) is 71.7 Å². The second-order valence-corrected chi connectivity index (χ2v) is 13.6. The highest BCUT2D eigenvalue weighted by Gasteiger charge is 2.46. The van der Waals surface area contributed by atoms with Crippen LogP contribution in [0.15, 0.2) is 59.1 Å². The van der Waals surface area contributed by atoms with Crippen LogP contribution in [0.3, 0.4) is 0 Å². The minimum absolute atomic E-state index is 0.0831. The number of fused-ring (bicyclic) bond motifs is 5. The summed E-state index contributed by atoms with van der Waals surface area (Å²) >= 11 is 0. The third-order valence-corrected chi connectivity index (χ3v) is 10.9. The molecule has 0 spiro atoms. The van der Waals surface area contributed by atoms with Crippen molar-refractivity contribution in [2.45, 2.75) is 59.0 Å². The zero-order valence-electron chi connectivity index (χ0n) is 26.2. The van der Waals surface area contributed by atoms with E-state index in [0.717, 1.165) is 64.5 Å². The Kier molecular flexibility index (Phi) is 5.77. The van der Waals surface area contributed by atoms with Crippen molar-refractivity contribution in [3.8, 4) is 28.3 Å². The van der Waals surface area contributed by atoms with Crippen LogP contribution in [0.1, 0.15) is 54.4 Å². The van der Waals surface area contributed by atoms with Crippen LogP contribution in [0.5, 0.6) is 5.75 Å². The topological polar surface area (TPSA) is 77.8 Å². The van der Waals surface area contributed by atoms with E-state index in [1.54, 1.807) is 7.11 Å². The molecule has 228 valence electrons. The number of ether oxygens (including phenoxy) is 1. The van der Waals surface area contributed by atoms with E-state index in [1.165, 1.54) is 30.2 Å². The zero-order chi connectivity index (χ0) is 30.6. The van der Waals surface area contributed by atoms with E-state index in [-0.39, 0.29) is 5.91 Å². The number of methoxy groups -OCH3 is 1. The highest BCUT2D eigenvalue weighted by Crippen LogP contribution is 2.45. The lowest BCUT2D eigenvalue weighted by atomic mass is 10.0. The molecule has 8 heteroatoms. The van der Waals surface area contributed by atoms with Gasteiger partial charge in [-0.15, -0.1) is 10.2 Å². The van der Waals surface area contributed by atoms with Gasteiger partial charge in [-0.3, -0.25) is 9.20 Å². The Morgan fingerprint density at radius 2 is 1.84 bits per heavy atom. The van der Waals surface area contributed by atoms with Crippen molar-refractivity contribution in [2.75, 3.05) is 13.7 Å². The Bertz CT molecular complexity index is 2170. The van der Waals surface area contributed by atoms with Crippen molar-refractivity contribution in [2.24, 2.45) is 17.8 Å². The summed E-state index contributed by atoms with van der Waals surface area (Å²) in [5.74, 6) is 4.33. The summed E-state index contributed by atoms with van der Waals surface area (Å²) in [5.41, 5.74) is 7.71. The first-order valence-electron chi connectivity index (χ1n) is 16.3. The molecule has 0 radical (unpaired) electrons. The SMILES string of the molecule is COc1cc(C(=O)N2CC3CCC2[C@@H]3C)cc2oc(-c3cc4ccc(-c5ccn6c(C)nnc6c5)cc4n3CC3CC3)c(C)c12. The molecule has 2 bridgehead atoms. The van der Waals surface area contributed by atoms with Gasteiger partial charge in [0.2, 0.25) is 0 Å². The van der Waals surface area contributed by atoms with Crippen molar-refractivity contribution in [1.82, 2.24) is 24.1 Å². The summed E-state index contributed by atoms with van der Waals surface area (Å²) in [6.07, 6.45) is 6.86. The fraction of sp³-hybridized carbons (Fsp3) is 0.378. The maximum Gasteiger partial charge on any atom is 0.254 e. The van der Waals surface area contributed by atoms with E-state index in [4.69, 9.17) is 9.15 Å². The normalized spacial score (nSPS) is 21.2. The van der Waals surface area contributed by atoms with Gasteiger partial charge in [0.05, 0.1) is 18.2 Å². The molecular weight excluding hydrogens is 562 g/mol. The second-order valence-electron chi connectivity index (χ2n) is 13.6. The molecule has 1 amide bonds. The summed E-state index contributed by atoms with van der Waals surface area (Å²) in [6.45, 7) is 8.15. The molecule has 6 aromatic rings. The number of benzene rings is 2. The molecule has 3 atom stereocenters. The Morgan fingerprint density at radius 3 is 2.60 bits per heavy atom. The molecule has 8 nitrogen and oxygen atoms in total. The second kappa shape index (κ2) is 9.70. The maximum absolute atomic E-state index is 13.8. The molecule has 45 heavy (non-hydrogen) atoms. The van der Waals surface area contributed by atoms with Gasteiger partial charge < -0.3 is 18.6 Å². The van der Waals surface area contributed by atoms with E-state index in [2.05, 4.69) is 69.9 Å². The minimum Gasteiger partial charge on any atom is -0.496 e. The van der Waals surface area contributed by atoms with Crippen LogP contribution in [-0.4, -0.2) is 49.7 Å². The number of aryl methyl sites for hydroxylation is 2. The number of rotatable bonds is 6. The van der Waals surface area contributed by atoms with E-state index < -0.39 is 0 Å². The van der Waals surface area contributed by atoms with Crippen LogP contribution in [0.2, 0.25) is 0 Å². The standard InChI is InChI=1S/C37H37N5O3/c1-20-27-9-10-29(20)42(19-27)37(43)28-15-32(44-4)35-21(2)36(45-33(35)16-28)31-14-26-8-7-24(13-30(26)41(31)18-23-5-6-23)25-11-12-40-22(3)38-39-34(40)17-25/h7-8,11-17,20,23,27,29H,5-6,9-10,18-19H2,1-4H3/t20-,27?,29?/m1/s1. The number of nitrogens with zero attached hydrogens (tertiary/aromatic N) is 5. The van der Waals surface area contributed by atoms with Crippen LogP contribution >= 0.6 is 0 Å². The molecule has 5 heterocycles. The van der Waals surface area contributed by atoms with Gasteiger partial charge in [0, 0.05) is 47.4 Å². The number of pyridine rings is 1. The van der Waals surface area contributed by atoms with Crippen LogP contribution in [-0.2, 0) is 6.54 Å². The molecule has 2 unspecified atom stereocenters. The van der Waals surface area contributed by atoms with E-state index in [9.17, 15) is 4.79 Å². The number of carbonyl (C=O) groups excluding carboxylic acids is 1. The minimum atomic E-state index is 0.0831. The quantitative estimate of drug-likeness (QED) is 0.196. The van der Waals surface area contributed by atoms with Gasteiger partial charge in [-0.1, -0.05) is 19.1 Å². The van der Waals surface area contributed by atoms with Gasteiger partial charge in [-0.2, -0.15) is 0 Å². The summed E-state index contributed by atoms with van der Waals surface area (Å²) in [6, 6.07) is 17.3. The molecule has 3 aliphatic rings. The fourth-order valence-electron chi connectivity index (χ4n) is 8.15. The number of carbonyl (C=O) groups is 1. The highest BCUT2D eigenvalue weighted by atomic mass is 16.5. The summed E-state index contributed by atoms with van der Waals surface area (Å²) in [4.78, 5) is 15.9. The first-order valence-corrected chi connectivity index (χ1v) is 16.3. The van der Waals surface area contributed by atoms with Crippen molar-refractivity contribution in [3.63, 3.8) is 0 Å². The van der Waals surface area contributed by atoms with Gasteiger partial charge in [0.15, 0.2) is 11.4 Å². The Morgan fingerprint density at radius 1 is 1.00 bits per heavy atom. The average molecular weight is 600 g/mol. The first-order chi connectivity index (χ1) is 21.9. The number of hydrogen-bond donors (Lipinski definition) is 0. The summed E-state index contributed by atoms with van der Waals surface area (Å²) in [7, 11) is 1.68. The van der Waals surface area contributed by atoms with E-state index >= 15 is 0 Å². The van der Waals surface area contributed by atoms with Gasteiger partial charge >= 0.3 is 0 Å². The van der Waals surface area contributed by atoms with Crippen LogP contribution in [0.4, 0.5) is 0 Å². The number of aromatic nitrogens is 4. The number of hydrogen-bond acceptors (Lipinski definition) is 5. The Hall–Kier alpha value is -4.59. The number of amides is 1. The molecule has 1 saturated heterocycles. The molecule has 0 N–H and O–H groups in total. The molecule has 9 rings (SSSR count). The molecule has 2 aromatic carbocycles. The van der Waals surface area contributed by atoms with Gasteiger partial charge in [0.25, 0.3) is 5.91 Å². The average Bonchev–Trinajstić information content (AvgIpc) is 3.26. The lowest BCUT2D eigenvalue weighted by Crippen LogP contribution is -2.38. The predicted molar refractivity (Wildman–Crippen MR) is 175 cm³/mol. The molecule has 3 fully saturated rings. The highest BCUT2D eigenvalue weighted by molar-refractivity contribution is 6.02. The van der Waals surface area contributed by atoms with E-state index in [1.807, 2.05) is 29.7 Å². The molecule has 1 aliphatic heterocycles. The summed E-state index contributed by atoms with van der Waals surface area (Å²) < 4.78 is 17.1. The summed E-state index contributed by atoms with van der Waals surface area (Å²) in [5, 5.41) is 10.7. The number of furan rings is 1. The first kappa shape index (κ1) is 26.8. The van der Waals surface area contributed by atoms with Crippen LogP contribution in [0.25, 0.3) is 50.1 Å². The number of piperidine rings is 1. The van der Waals surface area contributed by atoms with Gasteiger partial charge in [-0.25, -0.2) is 0 Å². The monoisotopic (exact) mass is 599 g/mol. The molecule has 4 aromatic heterocycles. The smallest absolute Gasteiger partial charge is 0.254 e. The third-order valence-electron chi connectivity index (χ3n) is 10.9. The van der Waals surface area contributed by atoms with Crippen molar-refractivity contribution >= 4 is 33.4 Å². The van der Waals surface area contributed by atoms with E-state index in [0.29, 0.717) is 40.7 Å². The fourth-order valence-corrected chi connectivity index (χ4v) is 8.15. The Balaban J connectivity index is 1.15. The lowest BCUT2D eigenvalue weighted by Gasteiger charge is -2.27. The van der Waals surface area contributed by atoms with Gasteiger partial charge in [0.1, 0.15) is 17.2 Å². The largest absolute Gasteiger partial charge is 0.496 e. The van der Waals surface area contributed by atoms with Crippen LogP contribution < -0.4 is 4.74 Å². The molecule has 2 saturated carbocycles. The molecular formula is C37H37N5O3. The predicted octanol–water partition coefficient (Wildman–Crippen LogP) is 7.67. The number of likely N-dealkylation sites (tertiary alicyclic amines) is 1. The van der Waals surface area contributed by atoms with Crippen molar-refractivity contribution < 1.29 is 13.9 Å². The lowest BCUT2D eigenvalue weighted by molar-refractivity contribution is 0.0695. The van der Waals surface area contributed by atoms with Gasteiger partial charge in [-0.05, 0) is 105 Å². The van der Waals surface area contributed by atoms with Crippen LogP contribution in [0, 0.1) is 31.6 Å². The zero-order valence-corrected chi connectivity index (χ0v) is 26.2. The van der Waals surface area contributed by atoms with Crippen molar-refractivity contribution in [1.29, 1.82) is 0 Å². The molecule has 2 aliphatic carbocycles. The Labute approximate surface area is 261 Å².